The minimum Gasteiger partial charge on any atom is -0.301 e. The lowest BCUT2D eigenvalue weighted by atomic mass is 9.72. The van der Waals surface area contributed by atoms with Gasteiger partial charge in [0.1, 0.15) is 0 Å². The zero-order chi connectivity index (χ0) is 13.2. The Labute approximate surface area is 110 Å². The summed E-state index contributed by atoms with van der Waals surface area (Å²) in [5, 5.41) is 9.66. The molecule has 1 aromatic carbocycles. The summed E-state index contributed by atoms with van der Waals surface area (Å²) in [4.78, 5) is 2.48. The molecule has 2 heteroatoms. The molecular weight excluding hydrogens is 220 g/mol. The molecule has 0 N–H and O–H groups in total. The predicted octanol–water partition coefficient (Wildman–Crippen LogP) is 3.20. The van der Waals surface area contributed by atoms with Gasteiger partial charge in [0, 0.05) is 12.6 Å². The molecule has 0 unspecified atom stereocenters. The third kappa shape index (κ3) is 2.28. The van der Waals surface area contributed by atoms with Crippen molar-refractivity contribution in [2.45, 2.75) is 38.6 Å². The fourth-order valence-corrected chi connectivity index (χ4v) is 2.90. The number of rotatable bonds is 3. The molecular formula is C16H22N2. The molecule has 1 fully saturated rings. The molecule has 96 valence electrons. The van der Waals surface area contributed by atoms with E-state index in [0.29, 0.717) is 12.0 Å². The van der Waals surface area contributed by atoms with Crippen LogP contribution in [0.15, 0.2) is 30.3 Å². The van der Waals surface area contributed by atoms with Crippen LogP contribution >= 0.6 is 0 Å². The topological polar surface area (TPSA) is 27.0 Å². The maximum Gasteiger partial charge on any atom is 0.0835 e. The predicted molar refractivity (Wildman–Crippen MR) is 74.2 cm³/mol. The Kier molecular flexibility index (Phi) is 3.73. The largest absolute Gasteiger partial charge is 0.301 e. The Bertz CT molecular complexity index is 432. The first-order valence-electron chi connectivity index (χ1n) is 6.78. The first kappa shape index (κ1) is 13.1. The Balaban J connectivity index is 2.23. The monoisotopic (exact) mass is 242 g/mol. The van der Waals surface area contributed by atoms with Crippen molar-refractivity contribution in [2.24, 2.45) is 5.92 Å². The van der Waals surface area contributed by atoms with Crippen LogP contribution in [0.1, 0.15) is 32.8 Å². The minimum atomic E-state index is -0.356. The number of likely N-dealkylation sites (tertiary alicyclic amines) is 1. The Morgan fingerprint density at radius 2 is 2.00 bits per heavy atom. The molecule has 2 nitrogen and oxygen atoms in total. The van der Waals surface area contributed by atoms with Gasteiger partial charge in [-0.1, -0.05) is 30.3 Å². The third-order valence-electron chi connectivity index (χ3n) is 4.37. The highest BCUT2D eigenvalue weighted by molar-refractivity contribution is 5.33. The zero-order valence-corrected chi connectivity index (χ0v) is 11.6. The third-order valence-corrected chi connectivity index (χ3v) is 4.37. The summed E-state index contributed by atoms with van der Waals surface area (Å²) in [7, 11) is 0. The molecule has 1 aliphatic heterocycles. The lowest BCUT2D eigenvalue weighted by Crippen LogP contribution is -2.35. The maximum absolute atomic E-state index is 9.66. The van der Waals surface area contributed by atoms with Crippen molar-refractivity contribution in [3.63, 3.8) is 0 Å². The van der Waals surface area contributed by atoms with Crippen LogP contribution in [0.4, 0.5) is 0 Å². The smallest absolute Gasteiger partial charge is 0.0835 e. The van der Waals surface area contributed by atoms with Crippen LogP contribution in [0.5, 0.6) is 0 Å². The molecule has 1 aliphatic rings. The summed E-state index contributed by atoms with van der Waals surface area (Å²) in [5.74, 6) is 0.437. The maximum atomic E-state index is 9.66. The quantitative estimate of drug-likeness (QED) is 0.814. The summed E-state index contributed by atoms with van der Waals surface area (Å²) < 4.78 is 0. The van der Waals surface area contributed by atoms with Gasteiger partial charge in [0.15, 0.2) is 0 Å². The molecule has 0 bridgehead atoms. The first-order chi connectivity index (χ1) is 8.58. The van der Waals surface area contributed by atoms with Crippen LogP contribution < -0.4 is 0 Å². The Morgan fingerprint density at radius 1 is 1.33 bits per heavy atom. The van der Waals surface area contributed by atoms with Gasteiger partial charge < -0.3 is 4.90 Å². The van der Waals surface area contributed by atoms with Gasteiger partial charge in [0.2, 0.25) is 0 Å². The summed E-state index contributed by atoms with van der Waals surface area (Å²) >= 11 is 0. The van der Waals surface area contributed by atoms with Gasteiger partial charge in [-0.05, 0) is 45.2 Å². The first-order valence-corrected chi connectivity index (χ1v) is 6.78. The molecule has 18 heavy (non-hydrogen) atoms. The van der Waals surface area contributed by atoms with Gasteiger partial charge in [-0.2, -0.15) is 5.26 Å². The van der Waals surface area contributed by atoms with Crippen molar-refractivity contribution in [3.05, 3.63) is 35.9 Å². The van der Waals surface area contributed by atoms with Crippen LogP contribution in [-0.2, 0) is 5.41 Å². The standard InChI is InChI=1S/C16H22N2/c1-13(2)18-10-9-15(11-18)16(3,12-17)14-7-5-4-6-8-14/h4-8,13,15H,9-11H2,1-3H3/t15-,16+/m0/s1. The van der Waals surface area contributed by atoms with Crippen LogP contribution in [-0.4, -0.2) is 24.0 Å². The summed E-state index contributed by atoms with van der Waals surface area (Å²) in [6.45, 7) is 8.71. The molecule has 2 atom stereocenters. The highest BCUT2D eigenvalue weighted by atomic mass is 15.2. The SMILES string of the molecule is CC(C)N1CC[C@H]([C@](C)(C#N)c2ccccc2)C1. The van der Waals surface area contributed by atoms with E-state index in [1.165, 1.54) is 0 Å². The average Bonchev–Trinajstić information content (AvgIpc) is 2.89. The summed E-state index contributed by atoms with van der Waals surface area (Å²) in [6.07, 6.45) is 1.12. The van der Waals surface area contributed by atoms with Crippen LogP contribution in [0.2, 0.25) is 0 Å². The normalized spacial score (nSPS) is 23.8. The molecule has 0 amide bonds. The Hall–Kier alpha value is -1.33. The van der Waals surface area contributed by atoms with E-state index < -0.39 is 0 Å². The number of nitrogens with zero attached hydrogens (tertiary/aromatic N) is 2. The average molecular weight is 242 g/mol. The molecule has 0 spiro atoms. The molecule has 1 heterocycles. The molecule has 0 aliphatic carbocycles. The fraction of sp³-hybridized carbons (Fsp3) is 0.562. The van der Waals surface area contributed by atoms with Gasteiger partial charge in [-0.25, -0.2) is 0 Å². The zero-order valence-electron chi connectivity index (χ0n) is 11.6. The molecule has 0 aromatic heterocycles. The highest BCUT2D eigenvalue weighted by Crippen LogP contribution is 2.37. The summed E-state index contributed by atoms with van der Waals surface area (Å²) in [6, 6.07) is 13.4. The van der Waals surface area contributed by atoms with E-state index in [9.17, 15) is 5.26 Å². The van der Waals surface area contributed by atoms with E-state index in [-0.39, 0.29) is 5.41 Å². The number of hydrogen-bond donors (Lipinski definition) is 0. The van der Waals surface area contributed by atoms with E-state index in [1.54, 1.807) is 0 Å². The van der Waals surface area contributed by atoms with E-state index in [0.717, 1.165) is 25.1 Å². The van der Waals surface area contributed by atoms with E-state index >= 15 is 0 Å². The summed E-state index contributed by atoms with van der Waals surface area (Å²) in [5.41, 5.74) is 0.799. The minimum absolute atomic E-state index is 0.356. The van der Waals surface area contributed by atoms with Gasteiger partial charge in [0.05, 0.1) is 11.5 Å². The van der Waals surface area contributed by atoms with Crippen molar-refractivity contribution in [3.8, 4) is 6.07 Å². The van der Waals surface area contributed by atoms with Crippen LogP contribution in [0.3, 0.4) is 0 Å². The highest BCUT2D eigenvalue weighted by Gasteiger charge is 2.40. The number of nitriles is 1. The van der Waals surface area contributed by atoms with Crippen molar-refractivity contribution in [1.29, 1.82) is 5.26 Å². The van der Waals surface area contributed by atoms with Crippen molar-refractivity contribution in [2.75, 3.05) is 13.1 Å². The molecule has 1 aromatic rings. The molecule has 2 rings (SSSR count). The number of hydrogen-bond acceptors (Lipinski definition) is 2. The fourth-order valence-electron chi connectivity index (χ4n) is 2.90. The molecule has 1 saturated heterocycles. The van der Waals surface area contributed by atoms with Crippen LogP contribution in [0, 0.1) is 17.2 Å². The lowest BCUT2D eigenvalue weighted by molar-refractivity contribution is 0.250. The van der Waals surface area contributed by atoms with Gasteiger partial charge in [-0.3, -0.25) is 0 Å². The van der Waals surface area contributed by atoms with E-state index in [1.807, 2.05) is 18.2 Å². The van der Waals surface area contributed by atoms with Crippen molar-refractivity contribution < 1.29 is 0 Å². The van der Waals surface area contributed by atoms with Gasteiger partial charge >= 0.3 is 0 Å². The number of benzene rings is 1. The van der Waals surface area contributed by atoms with Gasteiger partial charge in [-0.15, -0.1) is 0 Å². The van der Waals surface area contributed by atoms with Crippen molar-refractivity contribution >= 4 is 0 Å². The second-order valence-corrected chi connectivity index (χ2v) is 5.75. The molecule has 0 saturated carbocycles. The van der Waals surface area contributed by atoms with E-state index in [4.69, 9.17) is 0 Å². The second-order valence-electron chi connectivity index (χ2n) is 5.75. The van der Waals surface area contributed by atoms with Crippen LogP contribution in [0.25, 0.3) is 0 Å². The van der Waals surface area contributed by atoms with E-state index in [2.05, 4.69) is 43.9 Å². The second kappa shape index (κ2) is 5.12. The van der Waals surface area contributed by atoms with Crippen molar-refractivity contribution in [1.82, 2.24) is 4.90 Å². The lowest BCUT2D eigenvalue weighted by Gasteiger charge is -2.30. The van der Waals surface area contributed by atoms with Gasteiger partial charge in [0.25, 0.3) is 0 Å². The molecule has 0 radical (unpaired) electrons. The Morgan fingerprint density at radius 3 is 2.50 bits per heavy atom.